The van der Waals surface area contributed by atoms with Crippen LogP contribution in [0.25, 0.3) is 12.2 Å². The van der Waals surface area contributed by atoms with Crippen LogP contribution in [-0.2, 0) is 20.7 Å². The Kier molecular flexibility index (Phi) is 7.25. The van der Waals surface area contributed by atoms with Crippen molar-refractivity contribution in [3.05, 3.63) is 89.0 Å². The lowest BCUT2D eigenvalue weighted by molar-refractivity contribution is -0.134. The molecule has 2 N–H and O–H groups in total. The summed E-state index contributed by atoms with van der Waals surface area (Å²) >= 11 is 0. The van der Waals surface area contributed by atoms with Gasteiger partial charge in [-0.1, -0.05) is 18.2 Å². The molecule has 0 amide bonds. The second-order valence-electron chi connectivity index (χ2n) is 7.95. The number of rotatable bonds is 7. The quantitative estimate of drug-likeness (QED) is 0.215. The molecule has 36 heavy (non-hydrogen) atoms. The van der Waals surface area contributed by atoms with Crippen LogP contribution in [-0.4, -0.2) is 36.4 Å². The summed E-state index contributed by atoms with van der Waals surface area (Å²) in [6.07, 6.45) is 6.06. The molecule has 1 aliphatic heterocycles. The number of carbonyl (C=O) groups is 2. The van der Waals surface area contributed by atoms with E-state index < -0.39 is 11.9 Å². The first-order valence-corrected chi connectivity index (χ1v) is 11.0. The number of benzene rings is 3. The van der Waals surface area contributed by atoms with Crippen LogP contribution in [0.4, 0.5) is 0 Å². The molecule has 0 radical (unpaired) electrons. The Morgan fingerprint density at radius 1 is 0.889 bits per heavy atom. The average Bonchev–Trinajstić information content (AvgIpc) is 3.32. The molecule has 4 rings (SSSR count). The van der Waals surface area contributed by atoms with Crippen molar-refractivity contribution < 1.29 is 38.7 Å². The third kappa shape index (κ3) is 5.67. The van der Waals surface area contributed by atoms with E-state index >= 15 is 0 Å². The number of phenolic OH excluding ortho intramolecular Hbond substituents is 2. The molecule has 0 aromatic heterocycles. The van der Waals surface area contributed by atoms with Crippen LogP contribution in [0.3, 0.4) is 0 Å². The molecule has 8 heteroatoms. The van der Waals surface area contributed by atoms with Crippen molar-refractivity contribution in [3.63, 3.8) is 0 Å². The second kappa shape index (κ2) is 10.7. The zero-order chi connectivity index (χ0) is 25.7. The fraction of sp³-hybridized carbons (Fsp3) is 0.143. The number of aromatic hydroxyl groups is 2. The molecule has 184 valence electrons. The molecule has 8 nitrogen and oxygen atoms in total. The third-order valence-electron chi connectivity index (χ3n) is 5.53. The largest absolute Gasteiger partial charge is 0.504 e. The van der Waals surface area contributed by atoms with Crippen LogP contribution in [0.1, 0.15) is 28.4 Å². The van der Waals surface area contributed by atoms with Gasteiger partial charge < -0.3 is 29.2 Å². The predicted octanol–water partition coefficient (Wildman–Crippen LogP) is 4.59. The van der Waals surface area contributed by atoms with Crippen LogP contribution in [0.5, 0.6) is 28.7 Å². The Morgan fingerprint density at radius 2 is 1.61 bits per heavy atom. The Balaban J connectivity index is 1.41. The molecule has 0 saturated carbocycles. The number of ether oxygens (including phenoxy) is 4. The van der Waals surface area contributed by atoms with Gasteiger partial charge in [0.15, 0.2) is 23.0 Å². The Hall–Kier alpha value is -4.72. The van der Waals surface area contributed by atoms with E-state index in [0.29, 0.717) is 29.2 Å². The first-order valence-electron chi connectivity index (χ1n) is 11.0. The summed E-state index contributed by atoms with van der Waals surface area (Å²) in [7, 11) is 2.88. The highest BCUT2D eigenvalue weighted by molar-refractivity contribution is 5.89. The molecule has 0 bridgehead atoms. The third-order valence-corrected chi connectivity index (χ3v) is 5.53. The van der Waals surface area contributed by atoms with Crippen LogP contribution in [0.15, 0.2) is 66.7 Å². The van der Waals surface area contributed by atoms with E-state index in [0.717, 1.165) is 16.7 Å². The molecule has 0 saturated heterocycles. The van der Waals surface area contributed by atoms with E-state index in [9.17, 15) is 19.8 Å². The Bertz CT molecular complexity index is 1340. The van der Waals surface area contributed by atoms with E-state index in [1.54, 1.807) is 37.5 Å². The van der Waals surface area contributed by atoms with Gasteiger partial charge >= 0.3 is 11.9 Å². The van der Waals surface area contributed by atoms with Gasteiger partial charge in [0.05, 0.1) is 14.2 Å². The molecule has 1 heterocycles. The summed E-state index contributed by atoms with van der Waals surface area (Å²) in [6, 6.07) is 15.0. The summed E-state index contributed by atoms with van der Waals surface area (Å²) in [6.45, 7) is 0. The highest BCUT2D eigenvalue weighted by Gasteiger charge is 2.28. The van der Waals surface area contributed by atoms with Gasteiger partial charge in [0.25, 0.3) is 0 Å². The zero-order valence-electron chi connectivity index (χ0n) is 19.6. The molecule has 0 fully saturated rings. The lowest BCUT2D eigenvalue weighted by Crippen LogP contribution is -2.05. The fourth-order valence-corrected chi connectivity index (χ4v) is 3.73. The number of phenols is 2. The van der Waals surface area contributed by atoms with Gasteiger partial charge in [0.2, 0.25) is 0 Å². The summed E-state index contributed by atoms with van der Waals surface area (Å²) in [5.41, 5.74) is 3.17. The fourth-order valence-electron chi connectivity index (χ4n) is 3.73. The van der Waals surface area contributed by atoms with Gasteiger partial charge in [-0.15, -0.1) is 0 Å². The molecule has 1 aliphatic rings. The first kappa shape index (κ1) is 24.4. The van der Waals surface area contributed by atoms with E-state index in [-0.39, 0.29) is 17.6 Å². The predicted molar refractivity (Wildman–Crippen MR) is 132 cm³/mol. The average molecular weight is 488 g/mol. The molecule has 3 aromatic rings. The van der Waals surface area contributed by atoms with Crippen molar-refractivity contribution in [1.82, 2.24) is 0 Å². The number of hydrogen-bond donors (Lipinski definition) is 2. The SMILES string of the molecule is COC(=O)/C=C/c1cc2c(c(OC)c1)OC(c1ccc(OC(=O)/C=C/c3ccc(O)c(O)c3)cc1)C2. The van der Waals surface area contributed by atoms with Crippen molar-refractivity contribution >= 4 is 24.1 Å². The molecule has 0 spiro atoms. The minimum atomic E-state index is -0.586. The molecular formula is C28H24O8. The number of fused-ring (bicyclic) bond motifs is 1. The van der Waals surface area contributed by atoms with Crippen molar-refractivity contribution in [2.24, 2.45) is 0 Å². The van der Waals surface area contributed by atoms with Gasteiger partial charge in [-0.3, -0.25) is 0 Å². The van der Waals surface area contributed by atoms with Gasteiger partial charge in [0, 0.05) is 24.1 Å². The molecule has 0 aliphatic carbocycles. The Labute approximate surface area is 207 Å². The minimum absolute atomic E-state index is 0.238. The van der Waals surface area contributed by atoms with Crippen LogP contribution in [0, 0.1) is 0 Å². The van der Waals surface area contributed by atoms with E-state index in [1.165, 1.54) is 37.5 Å². The smallest absolute Gasteiger partial charge is 0.336 e. The van der Waals surface area contributed by atoms with E-state index in [2.05, 4.69) is 4.74 Å². The summed E-state index contributed by atoms with van der Waals surface area (Å²) in [5, 5.41) is 18.9. The number of carbonyl (C=O) groups excluding carboxylic acids is 2. The number of methoxy groups -OCH3 is 2. The molecule has 3 aromatic carbocycles. The lowest BCUT2D eigenvalue weighted by atomic mass is 10.0. The van der Waals surface area contributed by atoms with Crippen molar-refractivity contribution in [3.8, 4) is 28.7 Å². The van der Waals surface area contributed by atoms with Crippen LogP contribution in [0.2, 0.25) is 0 Å². The van der Waals surface area contributed by atoms with Gasteiger partial charge in [-0.05, 0) is 65.2 Å². The lowest BCUT2D eigenvalue weighted by Gasteiger charge is -2.13. The van der Waals surface area contributed by atoms with E-state index in [4.69, 9.17) is 14.2 Å². The highest BCUT2D eigenvalue weighted by Crippen LogP contribution is 2.44. The topological polar surface area (TPSA) is 112 Å². The summed E-state index contributed by atoms with van der Waals surface area (Å²) < 4.78 is 21.6. The number of esters is 2. The first-order chi connectivity index (χ1) is 17.4. The van der Waals surface area contributed by atoms with Gasteiger partial charge in [-0.2, -0.15) is 0 Å². The molecule has 1 unspecified atom stereocenters. The van der Waals surface area contributed by atoms with Gasteiger partial charge in [-0.25, -0.2) is 9.59 Å². The van der Waals surface area contributed by atoms with Crippen LogP contribution >= 0.6 is 0 Å². The zero-order valence-corrected chi connectivity index (χ0v) is 19.6. The summed E-state index contributed by atoms with van der Waals surface area (Å²) in [4.78, 5) is 23.6. The summed E-state index contributed by atoms with van der Waals surface area (Å²) in [5.74, 6) is 0.0432. The maximum Gasteiger partial charge on any atom is 0.336 e. The van der Waals surface area contributed by atoms with Gasteiger partial charge in [0.1, 0.15) is 11.9 Å². The highest BCUT2D eigenvalue weighted by atomic mass is 16.5. The monoisotopic (exact) mass is 488 g/mol. The van der Waals surface area contributed by atoms with Crippen LogP contribution < -0.4 is 14.2 Å². The van der Waals surface area contributed by atoms with Crippen molar-refractivity contribution in [1.29, 1.82) is 0 Å². The van der Waals surface area contributed by atoms with Crippen molar-refractivity contribution in [2.75, 3.05) is 14.2 Å². The standard InChI is InChI=1S/C28H24O8/c1-33-25-15-18(5-11-26(31)34-2)13-20-16-24(36-28(20)25)19-6-8-21(9-7-19)35-27(32)12-4-17-3-10-22(29)23(30)14-17/h3-15,24,29-30H,16H2,1-2H3/b11-5+,12-4+. The minimum Gasteiger partial charge on any atom is -0.504 e. The number of hydrogen-bond acceptors (Lipinski definition) is 8. The van der Waals surface area contributed by atoms with Crippen molar-refractivity contribution in [2.45, 2.75) is 12.5 Å². The second-order valence-corrected chi connectivity index (χ2v) is 7.95. The Morgan fingerprint density at radius 3 is 2.31 bits per heavy atom. The maximum absolute atomic E-state index is 12.2. The maximum atomic E-state index is 12.2. The molecule has 1 atom stereocenters. The van der Waals surface area contributed by atoms with E-state index in [1.807, 2.05) is 18.2 Å². The normalized spacial score (nSPS) is 14.4. The molecular weight excluding hydrogens is 464 g/mol.